The van der Waals surface area contributed by atoms with E-state index in [1.165, 1.54) is 4.90 Å². The molecular formula is C13H21N3OS. The minimum atomic E-state index is -0.527. The first kappa shape index (κ1) is 15.0. The zero-order valence-electron chi connectivity index (χ0n) is 11.1. The fourth-order valence-electron chi connectivity index (χ4n) is 1.54. The number of benzene rings is 1. The van der Waals surface area contributed by atoms with Crippen molar-refractivity contribution in [1.82, 2.24) is 10.9 Å². The Kier molecular flexibility index (Phi) is 6.18. The molecule has 100 valence electrons. The fourth-order valence-corrected chi connectivity index (χ4v) is 2.38. The molecule has 1 atom stereocenters. The van der Waals surface area contributed by atoms with Crippen LogP contribution in [0.4, 0.5) is 0 Å². The second-order valence-corrected chi connectivity index (χ2v) is 6.01. The van der Waals surface area contributed by atoms with E-state index in [-0.39, 0.29) is 5.91 Å². The van der Waals surface area contributed by atoms with Crippen LogP contribution in [-0.4, -0.2) is 24.2 Å². The van der Waals surface area contributed by atoms with Crippen LogP contribution in [0, 0.1) is 0 Å². The molecule has 0 radical (unpaired) electrons. The molecule has 1 rings (SSSR count). The van der Waals surface area contributed by atoms with Gasteiger partial charge >= 0.3 is 0 Å². The Balaban J connectivity index is 2.55. The van der Waals surface area contributed by atoms with E-state index in [2.05, 4.69) is 36.8 Å². The van der Waals surface area contributed by atoms with E-state index in [4.69, 9.17) is 5.73 Å². The predicted molar refractivity (Wildman–Crippen MR) is 76.3 cm³/mol. The monoisotopic (exact) mass is 267 g/mol. The van der Waals surface area contributed by atoms with Gasteiger partial charge in [0.15, 0.2) is 0 Å². The average molecular weight is 267 g/mol. The quantitative estimate of drug-likeness (QED) is 0.537. The fraction of sp³-hybridized carbons (Fsp3) is 0.462. The van der Waals surface area contributed by atoms with Gasteiger partial charge in [-0.15, -0.1) is 11.8 Å². The number of carbonyl (C=O) groups is 1. The molecule has 0 aromatic heterocycles. The van der Waals surface area contributed by atoms with E-state index in [0.717, 1.165) is 5.56 Å². The van der Waals surface area contributed by atoms with Gasteiger partial charge in [0.2, 0.25) is 0 Å². The summed E-state index contributed by atoms with van der Waals surface area (Å²) >= 11 is 1.82. The van der Waals surface area contributed by atoms with E-state index in [9.17, 15) is 4.79 Å². The van der Waals surface area contributed by atoms with Gasteiger partial charge in [-0.3, -0.25) is 10.2 Å². The Morgan fingerprint density at radius 1 is 1.33 bits per heavy atom. The second-order valence-electron chi connectivity index (χ2n) is 4.36. The van der Waals surface area contributed by atoms with Gasteiger partial charge in [-0.1, -0.05) is 26.0 Å². The lowest BCUT2D eigenvalue weighted by atomic mass is 10.1. The third kappa shape index (κ3) is 5.08. The van der Waals surface area contributed by atoms with E-state index >= 15 is 0 Å². The van der Waals surface area contributed by atoms with Crippen LogP contribution in [0.15, 0.2) is 29.2 Å². The van der Waals surface area contributed by atoms with Crippen LogP contribution < -0.4 is 16.6 Å². The Bertz CT molecular complexity index is 378. The zero-order valence-corrected chi connectivity index (χ0v) is 11.9. The third-order valence-electron chi connectivity index (χ3n) is 2.34. The highest BCUT2D eigenvalue weighted by molar-refractivity contribution is 7.99. The molecule has 0 saturated carbocycles. The molecule has 0 fully saturated rings. The SMILES string of the molecule is CNNC(=O)C(N)Cc1ccc(SC(C)C)cc1. The minimum absolute atomic E-state index is 0.196. The largest absolute Gasteiger partial charge is 0.320 e. The van der Waals surface area contributed by atoms with Crippen LogP contribution in [0.2, 0.25) is 0 Å². The van der Waals surface area contributed by atoms with Crippen molar-refractivity contribution in [2.24, 2.45) is 5.73 Å². The average Bonchev–Trinajstić information content (AvgIpc) is 2.31. The molecule has 0 bridgehead atoms. The van der Waals surface area contributed by atoms with Gasteiger partial charge in [0.05, 0.1) is 6.04 Å². The van der Waals surface area contributed by atoms with Gasteiger partial charge < -0.3 is 5.73 Å². The summed E-state index contributed by atoms with van der Waals surface area (Å²) in [5.74, 6) is -0.196. The van der Waals surface area contributed by atoms with Crippen molar-refractivity contribution in [1.29, 1.82) is 0 Å². The first-order valence-corrected chi connectivity index (χ1v) is 6.88. The number of rotatable bonds is 6. The van der Waals surface area contributed by atoms with Crippen LogP contribution in [0.5, 0.6) is 0 Å². The van der Waals surface area contributed by atoms with Crippen molar-refractivity contribution in [3.8, 4) is 0 Å². The molecule has 1 aromatic rings. The number of amides is 1. The lowest BCUT2D eigenvalue weighted by Gasteiger charge is -2.12. The number of hydrogen-bond donors (Lipinski definition) is 3. The molecule has 4 nitrogen and oxygen atoms in total. The van der Waals surface area contributed by atoms with Crippen molar-refractivity contribution < 1.29 is 4.79 Å². The zero-order chi connectivity index (χ0) is 13.5. The van der Waals surface area contributed by atoms with Gasteiger partial charge in [0.1, 0.15) is 0 Å². The maximum atomic E-state index is 11.5. The van der Waals surface area contributed by atoms with E-state index in [1.807, 2.05) is 23.9 Å². The number of thioether (sulfide) groups is 1. The van der Waals surface area contributed by atoms with E-state index in [0.29, 0.717) is 11.7 Å². The van der Waals surface area contributed by atoms with Gasteiger partial charge in [-0.2, -0.15) is 0 Å². The summed E-state index contributed by atoms with van der Waals surface area (Å²) in [7, 11) is 1.64. The highest BCUT2D eigenvalue weighted by atomic mass is 32.2. The van der Waals surface area contributed by atoms with E-state index in [1.54, 1.807) is 7.05 Å². The number of nitrogens with one attached hydrogen (secondary N) is 2. The molecule has 0 spiro atoms. The molecule has 0 saturated heterocycles. The molecule has 0 aliphatic heterocycles. The molecule has 1 unspecified atom stereocenters. The lowest BCUT2D eigenvalue weighted by Crippen LogP contribution is -2.46. The molecule has 0 aliphatic rings. The number of carbonyl (C=O) groups excluding carboxylic acids is 1. The predicted octanol–water partition coefficient (Wildman–Crippen LogP) is 1.31. The Labute approximate surface area is 113 Å². The molecule has 18 heavy (non-hydrogen) atoms. The Morgan fingerprint density at radius 3 is 2.44 bits per heavy atom. The number of nitrogens with two attached hydrogens (primary N) is 1. The van der Waals surface area contributed by atoms with Gasteiger partial charge in [0.25, 0.3) is 5.91 Å². The van der Waals surface area contributed by atoms with Gasteiger partial charge in [-0.05, 0) is 24.1 Å². The summed E-state index contributed by atoms with van der Waals surface area (Å²) in [6.07, 6.45) is 0.542. The highest BCUT2D eigenvalue weighted by Crippen LogP contribution is 2.23. The normalized spacial score (nSPS) is 12.5. The van der Waals surface area contributed by atoms with Gasteiger partial charge in [0, 0.05) is 17.2 Å². The van der Waals surface area contributed by atoms with Crippen molar-refractivity contribution in [3.63, 3.8) is 0 Å². The van der Waals surface area contributed by atoms with Crippen LogP contribution in [0.3, 0.4) is 0 Å². The topological polar surface area (TPSA) is 67.1 Å². The van der Waals surface area contributed by atoms with E-state index < -0.39 is 6.04 Å². The maximum absolute atomic E-state index is 11.5. The Hall–Kier alpha value is -1.04. The molecule has 5 heteroatoms. The van der Waals surface area contributed by atoms with Crippen molar-refractivity contribution >= 4 is 17.7 Å². The van der Waals surface area contributed by atoms with Crippen LogP contribution in [-0.2, 0) is 11.2 Å². The standard InChI is InChI=1S/C13H21N3OS/c1-9(2)18-11-6-4-10(5-7-11)8-12(14)13(17)16-15-3/h4-7,9,12,15H,8,14H2,1-3H3,(H,16,17). The Morgan fingerprint density at radius 2 is 1.94 bits per heavy atom. The summed E-state index contributed by atoms with van der Waals surface area (Å²) in [4.78, 5) is 12.7. The summed E-state index contributed by atoms with van der Waals surface area (Å²) in [6, 6.07) is 7.67. The summed E-state index contributed by atoms with van der Waals surface area (Å²) in [5.41, 5.74) is 11.9. The number of hydrazine groups is 1. The van der Waals surface area contributed by atoms with Crippen molar-refractivity contribution in [2.45, 2.75) is 36.5 Å². The molecule has 0 heterocycles. The second kappa shape index (κ2) is 7.41. The van der Waals surface area contributed by atoms with Crippen LogP contribution >= 0.6 is 11.8 Å². The third-order valence-corrected chi connectivity index (χ3v) is 3.35. The summed E-state index contributed by atoms with van der Waals surface area (Å²) < 4.78 is 0. The van der Waals surface area contributed by atoms with Crippen LogP contribution in [0.1, 0.15) is 19.4 Å². The molecule has 1 aromatic carbocycles. The van der Waals surface area contributed by atoms with Crippen molar-refractivity contribution in [2.75, 3.05) is 7.05 Å². The minimum Gasteiger partial charge on any atom is -0.320 e. The molecular weight excluding hydrogens is 246 g/mol. The number of hydrogen-bond acceptors (Lipinski definition) is 4. The summed E-state index contributed by atoms with van der Waals surface area (Å²) in [5, 5.41) is 0.569. The molecule has 0 aliphatic carbocycles. The first-order valence-electron chi connectivity index (χ1n) is 6.00. The first-order chi connectivity index (χ1) is 8.52. The van der Waals surface area contributed by atoms with Gasteiger partial charge in [-0.25, -0.2) is 5.43 Å². The lowest BCUT2D eigenvalue weighted by molar-refractivity contribution is -0.123. The highest BCUT2D eigenvalue weighted by Gasteiger charge is 2.13. The molecule has 4 N–H and O–H groups in total. The summed E-state index contributed by atoms with van der Waals surface area (Å²) in [6.45, 7) is 4.33. The molecule has 1 amide bonds. The maximum Gasteiger partial charge on any atom is 0.251 e. The van der Waals surface area contributed by atoms with Crippen molar-refractivity contribution in [3.05, 3.63) is 29.8 Å². The smallest absolute Gasteiger partial charge is 0.251 e. The van der Waals surface area contributed by atoms with Crippen LogP contribution in [0.25, 0.3) is 0 Å².